The molecule has 2 nitrogen and oxygen atoms in total. The molecule has 0 N–H and O–H groups in total. The second-order valence-electron chi connectivity index (χ2n) is 2.34. The van der Waals surface area contributed by atoms with Crippen molar-refractivity contribution in [2.24, 2.45) is 0 Å². The van der Waals surface area contributed by atoms with E-state index < -0.39 is 0 Å². The first-order chi connectivity index (χ1) is 3.55. The van der Waals surface area contributed by atoms with E-state index in [1.807, 2.05) is 0 Å². The maximum atomic E-state index is 2.27. The van der Waals surface area contributed by atoms with Crippen LogP contribution in [0.1, 0.15) is 0 Å². The second kappa shape index (κ2) is 3.22. The maximum absolute atomic E-state index is 2.27. The molecule has 0 saturated carbocycles. The zero-order valence-corrected chi connectivity index (χ0v) is 7.39. The van der Waals surface area contributed by atoms with Crippen LogP contribution < -0.4 is 0 Å². The zero-order chi connectivity index (χ0) is 6.73. The van der Waals surface area contributed by atoms with E-state index in [1.165, 1.54) is 0 Å². The summed E-state index contributed by atoms with van der Waals surface area (Å²) in [5.41, 5.74) is 0. The number of rotatable bonds is 2. The van der Waals surface area contributed by atoms with Gasteiger partial charge in [0.2, 0.25) is 9.12 Å². The molecule has 1 radical (unpaired) electrons. The quantitative estimate of drug-likeness (QED) is 0.495. The minimum absolute atomic E-state index is 0.357. The van der Waals surface area contributed by atoms with E-state index >= 15 is 0 Å². The van der Waals surface area contributed by atoms with Crippen LogP contribution in [-0.2, 0) is 0 Å². The van der Waals surface area contributed by atoms with Crippen LogP contribution in [0, 0.1) is 0 Å². The number of nitrogens with zero attached hydrogens (tertiary/aromatic N) is 2. The Morgan fingerprint density at radius 2 is 1.12 bits per heavy atom. The molecule has 49 valence electrons. The third-order valence-corrected chi connectivity index (χ3v) is 3.88. The van der Waals surface area contributed by atoms with E-state index in [0.29, 0.717) is 0 Å². The number of hydrogen-bond acceptors (Lipinski definition) is 2. The lowest BCUT2D eigenvalue weighted by atomic mass is 11.3. The normalized spacial score (nSPS) is 12.0. The largest absolute Gasteiger partial charge is 0.317 e. The van der Waals surface area contributed by atoms with E-state index in [0.717, 1.165) is 0 Å². The average Bonchev–Trinajstić information content (AvgIpc) is 1.64. The summed E-state index contributed by atoms with van der Waals surface area (Å²) >= 11 is 0. The van der Waals surface area contributed by atoms with Gasteiger partial charge in [0.15, 0.2) is 0 Å². The van der Waals surface area contributed by atoms with Gasteiger partial charge in [0.25, 0.3) is 0 Å². The molecular weight excluding hydrogens is 116 g/mol. The highest BCUT2D eigenvalue weighted by Gasteiger charge is 2.08. The van der Waals surface area contributed by atoms with Crippen LogP contribution in [0.25, 0.3) is 0 Å². The van der Waals surface area contributed by atoms with Crippen molar-refractivity contribution in [2.75, 3.05) is 28.2 Å². The molecule has 0 rings (SSSR count). The van der Waals surface area contributed by atoms with Gasteiger partial charge < -0.3 is 9.13 Å². The van der Waals surface area contributed by atoms with Gasteiger partial charge in [-0.3, -0.25) is 0 Å². The van der Waals surface area contributed by atoms with Crippen molar-refractivity contribution >= 4 is 9.12 Å². The van der Waals surface area contributed by atoms with Crippen LogP contribution in [0.3, 0.4) is 0 Å². The monoisotopic (exact) mass is 131 g/mol. The van der Waals surface area contributed by atoms with Crippen LogP contribution in [-0.4, -0.2) is 46.4 Å². The van der Waals surface area contributed by atoms with E-state index in [9.17, 15) is 0 Å². The Morgan fingerprint density at radius 1 is 0.875 bits per heavy atom. The van der Waals surface area contributed by atoms with Crippen LogP contribution in [0.2, 0.25) is 6.55 Å². The molecule has 0 fully saturated rings. The third kappa shape index (κ3) is 2.45. The number of hydrogen-bond donors (Lipinski definition) is 0. The van der Waals surface area contributed by atoms with Gasteiger partial charge in [0.05, 0.1) is 0 Å². The van der Waals surface area contributed by atoms with Crippen molar-refractivity contribution in [1.82, 2.24) is 9.13 Å². The fourth-order valence-corrected chi connectivity index (χ4v) is 1.20. The van der Waals surface area contributed by atoms with E-state index in [-0.39, 0.29) is 9.12 Å². The van der Waals surface area contributed by atoms with E-state index in [1.54, 1.807) is 0 Å². The van der Waals surface area contributed by atoms with Crippen molar-refractivity contribution in [3.8, 4) is 0 Å². The highest BCUT2D eigenvalue weighted by molar-refractivity contribution is 6.50. The van der Waals surface area contributed by atoms with Gasteiger partial charge in [-0.2, -0.15) is 0 Å². The van der Waals surface area contributed by atoms with Gasteiger partial charge in [-0.15, -0.1) is 0 Å². The molecule has 0 aromatic carbocycles. The van der Waals surface area contributed by atoms with Crippen molar-refractivity contribution in [3.05, 3.63) is 0 Å². The molecule has 0 bridgehead atoms. The summed E-state index contributed by atoms with van der Waals surface area (Å²) < 4.78 is 4.54. The molecule has 0 atom stereocenters. The first-order valence-electron chi connectivity index (χ1n) is 2.74. The summed E-state index contributed by atoms with van der Waals surface area (Å²) in [5, 5.41) is 0. The minimum atomic E-state index is -0.357. The Kier molecular flexibility index (Phi) is 3.27. The predicted molar refractivity (Wildman–Crippen MR) is 39.0 cm³/mol. The van der Waals surface area contributed by atoms with Gasteiger partial charge >= 0.3 is 0 Å². The molecule has 0 unspecified atom stereocenters. The summed E-state index contributed by atoms with van der Waals surface area (Å²) in [6, 6.07) is 0. The van der Waals surface area contributed by atoms with Gasteiger partial charge in [-0.25, -0.2) is 0 Å². The van der Waals surface area contributed by atoms with Crippen molar-refractivity contribution in [3.63, 3.8) is 0 Å². The summed E-state index contributed by atoms with van der Waals surface area (Å²) in [4.78, 5) is 0. The lowest BCUT2D eigenvalue weighted by molar-refractivity contribution is 0.524. The van der Waals surface area contributed by atoms with E-state index in [4.69, 9.17) is 0 Å². The van der Waals surface area contributed by atoms with Gasteiger partial charge in [0.1, 0.15) is 0 Å². The van der Waals surface area contributed by atoms with Gasteiger partial charge in [-0.05, 0) is 34.7 Å². The maximum Gasteiger partial charge on any atom is 0.225 e. The van der Waals surface area contributed by atoms with Gasteiger partial charge in [-0.1, -0.05) is 0 Å². The Bertz CT molecular complexity index is 55.4. The van der Waals surface area contributed by atoms with Crippen LogP contribution in [0.4, 0.5) is 0 Å². The second-order valence-corrected chi connectivity index (χ2v) is 5.22. The zero-order valence-electron chi connectivity index (χ0n) is 6.39. The molecule has 0 saturated heterocycles. The van der Waals surface area contributed by atoms with Crippen molar-refractivity contribution < 1.29 is 0 Å². The Labute approximate surface area is 53.9 Å². The standard InChI is InChI=1S/C5H15N2Si/c1-6(2)8(5)7(3)4/h1-5H3. The molecule has 0 heterocycles. The summed E-state index contributed by atoms with van der Waals surface area (Å²) in [6.45, 7) is 2.27. The first kappa shape index (κ1) is 8.14. The lowest BCUT2D eigenvalue weighted by Gasteiger charge is -2.23. The molecule has 0 spiro atoms. The molecular formula is C5H15N2Si. The Hall–Kier alpha value is 0.137. The topological polar surface area (TPSA) is 6.48 Å². The first-order valence-corrected chi connectivity index (χ1v) is 4.63. The third-order valence-electron chi connectivity index (χ3n) is 1.29. The molecule has 0 aliphatic carbocycles. The average molecular weight is 131 g/mol. The van der Waals surface area contributed by atoms with Crippen LogP contribution >= 0.6 is 0 Å². The Morgan fingerprint density at radius 3 is 1.12 bits per heavy atom. The highest BCUT2D eigenvalue weighted by Crippen LogP contribution is 1.87. The SMILES string of the molecule is CN(C)[Si](C)N(C)C. The van der Waals surface area contributed by atoms with Crippen LogP contribution in [0.15, 0.2) is 0 Å². The molecule has 0 aliphatic heterocycles. The van der Waals surface area contributed by atoms with E-state index in [2.05, 4.69) is 43.9 Å². The molecule has 0 aliphatic rings. The molecule has 8 heavy (non-hydrogen) atoms. The summed E-state index contributed by atoms with van der Waals surface area (Å²) in [7, 11) is 8.12. The predicted octanol–water partition coefficient (Wildman–Crippen LogP) is 0.228. The van der Waals surface area contributed by atoms with Gasteiger partial charge in [0, 0.05) is 0 Å². The fourth-order valence-electron chi connectivity index (χ4n) is 0.400. The molecule has 0 amide bonds. The van der Waals surface area contributed by atoms with Crippen molar-refractivity contribution in [1.29, 1.82) is 0 Å². The molecule has 3 heteroatoms. The molecule has 0 aromatic rings. The highest BCUT2D eigenvalue weighted by atomic mass is 28.3. The fraction of sp³-hybridized carbons (Fsp3) is 1.00. The summed E-state index contributed by atoms with van der Waals surface area (Å²) in [5.74, 6) is 0. The lowest BCUT2D eigenvalue weighted by Crippen LogP contribution is -2.42. The van der Waals surface area contributed by atoms with Crippen molar-refractivity contribution in [2.45, 2.75) is 6.55 Å². The smallest absolute Gasteiger partial charge is 0.225 e. The summed E-state index contributed by atoms with van der Waals surface area (Å²) in [6.07, 6.45) is 0. The van der Waals surface area contributed by atoms with Crippen LogP contribution in [0.5, 0.6) is 0 Å². The molecule has 0 aromatic heterocycles. The Balaban J connectivity index is 3.46. The minimum Gasteiger partial charge on any atom is -0.317 e.